The van der Waals surface area contributed by atoms with Crippen molar-refractivity contribution in [3.8, 4) is 11.5 Å². The number of hydrogen-bond acceptors (Lipinski definition) is 3. The Morgan fingerprint density at radius 2 is 1.94 bits per heavy atom. The number of methoxy groups -OCH3 is 2. The van der Waals surface area contributed by atoms with Gasteiger partial charge in [0.15, 0.2) is 0 Å². The Labute approximate surface area is 101 Å². The molecule has 3 nitrogen and oxygen atoms in total. The predicted octanol–water partition coefficient (Wildman–Crippen LogP) is 2.87. The number of aryl methyl sites for hydroxylation is 1. The van der Waals surface area contributed by atoms with E-state index in [0.717, 1.165) is 11.8 Å². The second-order valence-electron chi connectivity index (χ2n) is 3.73. The molecule has 0 N–H and O–H groups in total. The smallest absolute Gasteiger partial charge is 0.128 e. The number of rotatable bonds is 6. The van der Waals surface area contributed by atoms with Crippen molar-refractivity contribution in [3.63, 3.8) is 0 Å². The maximum absolute atomic E-state index is 13.4. The van der Waals surface area contributed by atoms with Crippen molar-refractivity contribution in [1.82, 2.24) is 0 Å². The quantitative estimate of drug-likeness (QED) is 0.717. The molecule has 17 heavy (non-hydrogen) atoms. The van der Waals surface area contributed by atoms with E-state index in [4.69, 9.17) is 9.47 Å². The van der Waals surface area contributed by atoms with Crippen molar-refractivity contribution in [3.05, 3.63) is 23.3 Å². The largest absolute Gasteiger partial charge is 0.496 e. The van der Waals surface area contributed by atoms with Crippen LogP contribution < -0.4 is 9.47 Å². The molecule has 1 unspecified atom stereocenters. The van der Waals surface area contributed by atoms with Crippen molar-refractivity contribution < 1.29 is 18.7 Å². The molecule has 0 fully saturated rings. The summed E-state index contributed by atoms with van der Waals surface area (Å²) in [6.07, 6.45) is 0.646. The zero-order valence-corrected chi connectivity index (χ0v) is 10.3. The molecule has 1 aromatic rings. The van der Waals surface area contributed by atoms with Gasteiger partial charge in [0.05, 0.1) is 14.2 Å². The minimum Gasteiger partial charge on any atom is -0.496 e. The van der Waals surface area contributed by atoms with Crippen LogP contribution in [0.4, 0.5) is 4.39 Å². The highest BCUT2D eigenvalue weighted by atomic mass is 19.1. The van der Waals surface area contributed by atoms with Gasteiger partial charge in [-0.15, -0.1) is 0 Å². The number of hydrogen-bond donors (Lipinski definition) is 0. The molecule has 0 aliphatic rings. The fraction of sp³-hybridized carbons (Fsp3) is 0.462. The molecule has 0 aliphatic carbocycles. The van der Waals surface area contributed by atoms with Crippen LogP contribution >= 0.6 is 0 Å². The Morgan fingerprint density at radius 1 is 1.29 bits per heavy atom. The molecular weight excluding hydrogens is 223 g/mol. The number of benzene rings is 1. The third-order valence-corrected chi connectivity index (χ3v) is 2.59. The molecule has 0 amide bonds. The first-order chi connectivity index (χ1) is 8.13. The van der Waals surface area contributed by atoms with Gasteiger partial charge < -0.3 is 14.3 Å². The highest BCUT2D eigenvalue weighted by Gasteiger charge is 2.15. The number of aldehydes is 1. The Balaban J connectivity index is 3.18. The van der Waals surface area contributed by atoms with Crippen molar-refractivity contribution in [1.29, 1.82) is 0 Å². The lowest BCUT2D eigenvalue weighted by Gasteiger charge is -2.15. The highest BCUT2D eigenvalue weighted by Crippen LogP contribution is 2.34. The van der Waals surface area contributed by atoms with Crippen LogP contribution in [0.2, 0.25) is 0 Å². The molecule has 1 rings (SSSR count). The first kappa shape index (κ1) is 13.5. The standard InChI is InChI=1S/C13H17FO3/c1-9(14)11-7-10(5-4-6-15)12(16-2)8-13(11)17-3/h6-9H,4-5H2,1-3H3. The minimum absolute atomic E-state index is 0.392. The molecule has 0 bridgehead atoms. The van der Waals surface area contributed by atoms with E-state index >= 15 is 0 Å². The fourth-order valence-corrected chi connectivity index (χ4v) is 1.71. The minimum atomic E-state index is -1.12. The van der Waals surface area contributed by atoms with Gasteiger partial charge in [-0.3, -0.25) is 0 Å². The Kier molecular flexibility index (Phi) is 4.94. The molecule has 1 atom stereocenters. The van der Waals surface area contributed by atoms with Crippen molar-refractivity contribution in [2.45, 2.75) is 25.9 Å². The molecule has 0 spiro atoms. The Bertz CT molecular complexity index is 388. The summed E-state index contributed by atoms with van der Waals surface area (Å²) in [5.41, 5.74) is 1.30. The summed E-state index contributed by atoms with van der Waals surface area (Å²) < 4.78 is 23.7. The predicted molar refractivity (Wildman–Crippen MR) is 63.5 cm³/mol. The van der Waals surface area contributed by atoms with E-state index in [1.54, 1.807) is 12.1 Å². The average Bonchev–Trinajstić information content (AvgIpc) is 2.34. The summed E-state index contributed by atoms with van der Waals surface area (Å²) in [6.45, 7) is 1.45. The van der Waals surface area contributed by atoms with Gasteiger partial charge in [0.25, 0.3) is 0 Å². The number of halogens is 1. The maximum atomic E-state index is 13.4. The summed E-state index contributed by atoms with van der Waals surface area (Å²) in [6, 6.07) is 3.36. The van der Waals surface area contributed by atoms with Gasteiger partial charge in [0.2, 0.25) is 0 Å². The molecule has 0 radical (unpaired) electrons. The average molecular weight is 240 g/mol. The third-order valence-electron chi connectivity index (χ3n) is 2.59. The summed E-state index contributed by atoms with van der Waals surface area (Å²) in [4.78, 5) is 10.4. The fourth-order valence-electron chi connectivity index (χ4n) is 1.71. The SMILES string of the molecule is COc1cc(OC)c(C(C)F)cc1CCC=O. The maximum Gasteiger partial charge on any atom is 0.128 e. The van der Waals surface area contributed by atoms with Crippen LogP contribution in [-0.2, 0) is 11.2 Å². The zero-order chi connectivity index (χ0) is 12.8. The van der Waals surface area contributed by atoms with Crippen LogP contribution in [0, 0.1) is 0 Å². The van der Waals surface area contributed by atoms with E-state index in [1.165, 1.54) is 21.1 Å². The summed E-state index contributed by atoms with van der Waals surface area (Å²) in [7, 11) is 3.03. The molecule has 0 aliphatic heterocycles. The molecule has 0 heterocycles. The topological polar surface area (TPSA) is 35.5 Å². The van der Waals surface area contributed by atoms with Crippen molar-refractivity contribution in [2.24, 2.45) is 0 Å². The lowest BCUT2D eigenvalue weighted by molar-refractivity contribution is -0.107. The van der Waals surface area contributed by atoms with Crippen LogP contribution in [0.25, 0.3) is 0 Å². The van der Waals surface area contributed by atoms with E-state index in [-0.39, 0.29) is 0 Å². The van der Waals surface area contributed by atoms with E-state index in [2.05, 4.69) is 0 Å². The second-order valence-corrected chi connectivity index (χ2v) is 3.73. The first-order valence-corrected chi connectivity index (χ1v) is 5.46. The normalized spacial score (nSPS) is 12.0. The van der Waals surface area contributed by atoms with Gasteiger partial charge in [0.1, 0.15) is 24.0 Å². The van der Waals surface area contributed by atoms with Crippen LogP contribution in [-0.4, -0.2) is 20.5 Å². The lowest BCUT2D eigenvalue weighted by Crippen LogP contribution is -1.99. The molecule has 0 saturated heterocycles. The van der Waals surface area contributed by atoms with Gasteiger partial charge in [-0.05, 0) is 25.0 Å². The molecular formula is C13H17FO3. The van der Waals surface area contributed by atoms with E-state index < -0.39 is 6.17 Å². The lowest BCUT2D eigenvalue weighted by atomic mass is 10.0. The Morgan fingerprint density at radius 3 is 2.41 bits per heavy atom. The second kappa shape index (κ2) is 6.23. The number of ether oxygens (including phenoxy) is 2. The number of alkyl halides is 1. The van der Waals surface area contributed by atoms with E-state index in [9.17, 15) is 9.18 Å². The first-order valence-electron chi connectivity index (χ1n) is 5.46. The van der Waals surface area contributed by atoms with Crippen molar-refractivity contribution in [2.75, 3.05) is 14.2 Å². The molecule has 0 aromatic heterocycles. The van der Waals surface area contributed by atoms with Crippen molar-refractivity contribution >= 4 is 6.29 Å². The van der Waals surface area contributed by atoms with Crippen LogP contribution in [0.1, 0.15) is 30.6 Å². The van der Waals surface area contributed by atoms with Gasteiger partial charge in [-0.2, -0.15) is 0 Å². The summed E-state index contributed by atoms with van der Waals surface area (Å²) in [5, 5.41) is 0. The number of carbonyl (C=O) groups is 1. The van der Waals surface area contributed by atoms with Crippen LogP contribution in [0.5, 0.6) is 11.5 Å². The highest BCUT2D eigenvalue weighted by molar-refractivity contribution is 5.53. The van der Waals surface area contributed by atoms with Crippen LogP contribution in [0.15, 0.2) is 12.1 Å². The summed E-state index contributed by atoms with van der Waals surface area (Å²) >= 11 is 0. The van der Waals surface area contributed by atoms with E-state index in [1.807, 2.05) is 0 Å². The van der Waals surface area contributed by atoms with Gasteiger partial charge in [-0.25, -0.2) is 4.39 Å². The van der Waals surface area contributed by atoms with Gasteiger partial charge in [-0.1, -0.05) is 0 Å². The van der Waals surface area contributed by atoms with E-state index in [0.29, 0.717) is 29.9 Å². The molecule has 4 heteroatoms. The summed E-state index contributed by atoms with van der Waals surface area (Å²) in [5.74, 6) is 1.08. The van der Waals surface area contributed by atoms with Gasteiger partial charge in [0, 0.05) is 18.1 Å². The third kappa shape index (κ3) is 3.19. The molecule has 0 saturated carbocycles. The van der Waals surface area contributed by atoms with Crippen LogP contribution in [0.3, 0.4) is 0 Å². The molecule has 94 valence electrons. The molecule has 1 aromatic carbocycles. The van der Waals surface area contributed by atoms with Gasteiger partial charge >= 0.3 is 0 Å². The Hall–Kier alpha value is -1.58. The number of carbonyl (C=O) groups excluding carboxylic acids is 1. The monoisotopic (exact) mass is 240 g/mol. The zero-order valence-electron chi connectivity index (χ0n) is 10.3.